The number of anilines is 1. The van der Waals surface area contributed by atoms with Gasteiger partial charge >= 0.3 is 0 Å². The van der Waals surface area contributed by atoms with E-state index in [9.17, 15) is 14.9 Å². The second-order valence-corrected chi connectivity index (χ2v) is 7.12. The molecule has 0 saturated carbocycles. The van der Waals surface area contributed by atoms with Crippen LogP contribution in [-0.2, 0) is 10.5 Å². The van der Waals surface area contributed by atoms with Gasteiger partial charge in [0.1, 0.15) is 0 Å². The van der Waals surface area contributed by atoms with Crippen LogP contribution in [0.1, 0.15) is 12.5 Å². The Morgan fingerprint density at radius 2 is 2.00 bits per heavy atom. The average Bonchev–Trinajstić information content (AvgIpc) is 2.54. The van der Waals surface area contributed by atoms with Crippen molar-refractivity contribution in [2.24, 2.45) is 0 Å². The third-order valence-corrected chi connectivity index (χ3v) is 4.85. The third kappa shape index (κ3) is 5.37. The Morgan fingerprint density at radius 1 is 1.30 bits per heavy atom. The highest BCUT2D eigenvalue weighted by Crippen LogP contribution is 2.22. The lowest BCUT2D eigenvalue weighted by Crippen LogP contribution is -2.22. The number of hydrogen-bond donors (Lipinski definition) is 1. The van der Waals surface area contributed by atoms with Crippen LogP contribution in [0.4, 0.5) is 11.4 Å². The van der Waals surface area contributed by atoms with Crippen LogP contribution < -0.4 is 5.32 Å². The zero-order valence-corrected chi connectivity index (χ0v) is 14.8. The summed E-state index contributed by atoms with van der Waals surface area (Å²) in [7, 11) is 0. The lowest BCUT2D eigenvalue weighted by atomic mass is 10.2. The summed E-state index contributed by atoms with van der Waals surface area (Å²) >= 11 is 4.89. The maximum Gasteiger partial charge on any atom is 0.271 e. The number of rotatable bonds is 6. The lowest BCUT2D eigenvalue weighted by Gasteiger charge is -2.12. The molecule has 0 heterocycles. The molecule has 0 radical (unpaired) electrons. The van der Waals surface area contributed by atoms with Crippen LogP contribution in [0.3, 0.4) is 0 Å². The van der Waals surface area contributed by atoms with Gasteiger partial charge in [0.2, 0.25) is 5.91 Å². The summed E-state index contributed by atoms with van der Waals surface area (Å²) in [5.74, 6) is 0.546. The second kappa shape index (κ2) is 8.12. The molecule has 0 fully saturated rings. The van der Waals surface area contributed by atoms with Crippen LogP contribution in [0.25, 0.3) is 0 Å². The number of nitro benzene ring substituents is 1. The highest BCUT2D eigenvalue weighted by molar-refractivity contribution is 9.10. The molecule has 2 aromatic rings. The second-order valence-electron chi connectivity index (χ2n) is 4.88. The van der Waals surface area contributed by atoms with E-state index in [1.54, 1.807) is 12.1 Å². The maximum atomic E-state index is 12.2. The SMILES string of the molecule is C[C@H](SCc1ccc(Br)cc1)C(=O)Nc1cccc([N+](=O)[O-])c1. The molecule has 1 amide bonds. The molecule has 1 atom stereocenters. The van der Waals surface area contributed by atoms with E-state index in [0.717, 1.165) is 15.8 Å². The van der Waals surface area contributed by atoms with Gasteiger partial charge in [0.05, 0.1) is 10.2 Å². The zero-order chi connectivity index (χ0) is 16.8. The fraction of sp³-hybridized carbons (Fsp3) is 0.188. The molecule has 0 aliphatic carbocycles. The summed E-state index contributed by atoms with van der Waals surface area (Å²) in [6.07, 6.45) is 0. The molecule has 120 valence electrons. The van der Waals surface area contributed by atoms with Gasteiger partial charge in [-0.1, -0.05) is 34.1 Å². The highest BCUT2D eigenvalue weighted by Gasteiger charge is 2.15. The standard InChI is InChI=1S/C16H15BrN2O3S/c1-11(23-10-12-5-7-13(17)8-6-12)16(20)18-14-3-2-4-15(9-14)19(21)22/h2-9,11H,10H2,1H3,(H,18,20)/t11-/m0/s1. The lowest BCUT2D eigenvalue weighted by molar-refractivity contribution is -0.384. The van der Waals surface area contributed by atoms with Crippen LogP contribution in [0, 0.1) is 10.1 Å². The predicted molar refractivity (Wildman–Crippen MR) is 96.6 cm³/mol. The molecule has 0 aliphatic rings. The molecule has 2 aromatic carbocycles. The van der Waals surface area contributed by atoms with Crippen LogP contribution in [0.15, 0.2) is 53.0 Å². The zero-order valence-electron chi connectivity index (χ0n) is 12.4. The third-order valence-electron chi connectivity index (χ3n) is 3.11. The minimum absolute atomic E-state index is 0.0435. The quantitative estimate of drug-likeness (QED) is 0.572. The van der Waals surface area contributed by atoms with Crippen molar-refractivity contribution in [3.8, 4) is 0 Å². The van der Waals surface area contributed by atoms with Crippen LogP contribution in [-0.4, -0.2) is 16.1 Å². The summed E-state index contributed by atoms with van der Waals surface area (Å²) in [5, 5.41) is 13.2. The molecule has 2 rings (SSSR count). The Labute approximate surface area is 146 Å². The van der Waals surface area contributed by atoms with Crippen LogP contribution in [0.2, 0.25) is 0 Å². The van der Waals surface area contributed by atoms with Crippen molar-refractivity contribution in [1.82, 2.24) is 0 Å². The maximum absolute atomic E-state index is 12.2. The number of nitrogens with one attached hydrogen (secondary N) is 1. The number of non-ortho nitro benzene ring substituents is 1. The van der Waals surface area contributed by atoms with E-state index in [2.05, 4.69) is 21.2 Å². The normalized spacial score (nSPS) is 11.7. The van der Waals surface area contributed by atoms with Crippen molar-refractivity contribution >= 4 is 45.0 Å². The highest BCUT2D eigenvalue weighted by atomic mass is 79.9. The smallest absolute Gasteiger partial charge is 0.271 e. The molecule has 0 saturated heterocycles. The first-order valence-corrected chi connectivity index (χ1v) is 8.71. The first-order chi connectivity index (χ1) is 11.0. The van der Waals surface area contributed by atoms with Crippen molar-refractivity contribution in [3.63, 3.8) is 0 Å². The Morgan fingerprint density at radius 3 is 2.65 bits per heavy atom. The van der Waals surface area contributed by atoms with Gasteiger partial charge in [-0.25, -0.2) is 0 Å². The number of halogens is 1. The van der Waals surface area contributed by atoms with E-state index in [1.165, 1.54) is 23.9 Å². The van der Waals surface area contributed by atoms with E-state index in [4.69, 9.17) is 0 Å². The van der Waals surface area contributed by atoms with Gasteiger partial charge in [0.25, 0.3) is 5.69 Å². The Bertz CT molecular complexity index is 707. The largest absolute Gasteiger partial charge is 0.325 e. The number of hydrogen-bond acceptors (Lipinski definition) is 4. The van der Waals surface area contributed by atoms with Gasteiger partial charge in [-0.15, -0.1) is 11.8 Å². The van der Waals surface area contributed by atoms with E-state index in [-0.39, 0.29) is 16.8 Å². The Hall–Kier alpha value is -1.86. The van der Waals surface area contributed by atoms with Gasteiger partial charge in [0.15, 0.2) is 0 Å². The van der Waals surface area contributed by atoms with Crippen LogP contribution >= 0.6 is 27.7 Å². The number of carbonyl (C=O) groups excluding carboxylic acids is 1. The van der Waals surface area contributed by atoms with E-state index < -0.39 is 4.92 Å². The molecule has 0 aromatic heterocycles. The number of benzene rings is 2. The summed E-state index contributed by atoms with van der Waals surface area (Å²) in [5.41, 5.74) is 1.52. The summed E-state index contributed by atoms with van der Waals surface area (Å²) < 4.78 is 1.02. The van der Waals surface area contributed by atoms with Crippen LogP contribution in [0.5, 0.6) is 0 Å². The van der Waals surface area contributed by atoms with Crippen molar-refractivity contribution in [2.75, 3.05) is 5.32 Å². The van der Waals surface area contributed by atoms with E-state index in [0.29, 0.717) is 5.69 Å². The van der Waals surface area contributed by atoms with Gasteiger partial charge in [-0.05, 0) is 30.7 Å². The number of amides is 1. The van der Waals surface area contributed by atoms with E-state index >= 15 is 0 Å². The minimum atomic E-state index is -0.485. The monoisotopic (exact) mass is 394 g/mol. The Balaban J connectivity index is 1.90. The van der Waals surface area contributed by atoms with Crippen molar-refractivity contribution in [2.45, 2.75) is 17.9 Å². The topological polar surface area (TPSA) is 72.2 Å². The Kier molecular flexibility index (Phi) is 6.18. The summed E-state index contributed by atoms with van der Waals surface area (Å²) in [6, 6.07) is 13.9. The molecular formula is C16H15BrN2O3S. The molecule has 5 nitrogen and oxygen atoms in total. The summed E-state index contributed by atoms with van der Waals surface area (Å²) in [4.78, 5) is 22.4. The van der Waals surface area contributed by atoms with Gasteiger partial charge < -0.3 is 5.32 Å². The predicted octanol–water partition coefficient (Wildman–Crippen LogP) is 4.62. The van der Waals surface area contributed by atoms with Crippen molar-refractivity contribution in [3.05, 3.63) is 68.7 Å². The summed E-state index contributed by atoms with van der Waals surface area (Å²) in [6.45, 7) is 1.82. The average molecular weight is 395 g/mol. The number of thioether (sulfide) groups is 1. The minimum Gasteiger partial charge on any atom is -0.325 e. The van der Waals surface area contributed by atoms with Crippen molar-refractivity contribution < 1.29 is 9.72 Å². The first kappa shape index (κ1) is 17.5. The molecule has 0 unspecified atom stereocenters. The molecular weight excluding hydrogens is 380 g/mol. The number of nitro groups is 1. The van der Waals surface area contributed by atoms with E-state index in [1.807, 2.05) is 31.2 Å². The number of nitrogens with zero attached hydrogens (tertiary/aromatic N) is 1. The molecule has 0 spiro atoms. The molecule has 7 heteroatoms. The van der Waals surface area contributed by atoms with Gasteiger partial charge in [-0.2, -0.15) is 0 Å². The molecule has 23 heavy (non-hydrogen) atoms. The first-order valence-electron chi connectivity index (χ1n) is 6.87. The van der Waals surface area contributed by atoms with Gasteiger partial charge in [-0.3, -0.25) is 14.9 Å². The van der Waals surface area contributed by atoms with Gasteiger partial charge in [0, 0.05) is 28.0 Å². The fourth-order valence-corrected chi connectivity index (χ4v) is 2.93. The molecule has 0 bridgehead atoms. The number of carbonyl (C=O) groups is 1. The molecule has 0 aliphatic heterocycles. The molecule has 1 N–H and O–H groups in total. The van der Waals surface area contributed by atoms with Crippen molar-refractivity contribution in [1.29, 1.82) is 0 Å². The fourth-order valence-electron chi connectivity index (χ4n) is 1.82.